The number of carbonyl (C=O) groups excluding carboxylic acids is 1. The Hall–Kier alpha value is -2.19. The van der Waals surface area contributed by atoms with E-state index in [1.807, 2.05) is 31.2 Å². The van der Waals surface area contributed by atoms with Gasteiger partial charge in [-0.15, -0.1) is 0 Å². The van der Waals surface area contributed by atoms with Crippen LogP contribution in [0.25, 0.3) is 11.2 Å². The quantitative estimate of drug-likeness (QED) is 0.440. The highest BCUT2D eigenvalue weighted by Crippen LogP contribution is 2.20. The van der Waals surface area contributed by atoms with Crippen molar-refractivity contribution < 1.29 is 4.79 Å². The normalized spacial score (nSPS) is 11.1. The van der Waals surface area contributed by atoms with Crippen molar-refractivity contribution in [3.63, 3.8) is 0 Å². The van der Waals surface area contributed by atoms with Gasteiger partial charge in [0.1, 0.15) is 10.2 Å². The van der Waals surface area contributed by atoms with Gasteiger partial charge in [-0.3, -0.25) is 13.9 Å². The van der Waals surface area contributed by atoms with Gasteiger partial charge in [-0.2, -0.15) is 0 Å². The highest BCUT2D eigenvalue weighted by molar-refractivity contribution is 7.99. The third-order valence-corrected chi connectivity index (χ3v) is 5.14. The Morgan fingerprint density at radius 2 is 1.92 bits per heavy atom. The standard InChI is InChI=1S/C16H16N4O2S2/c1-9-4-6-10(7-5-9)11(21)8-24-15-17-12-13(18-15)19(2)16(22)20(3)14(12)23/h4-7H,8H2,1-3H3,(H,17,18). The SMILES string of the molecule is Cc1ccc(C(=O)CSc2nc3c([nH]2)c(=S)n(C)c(=O)n3C)cc1. The molecule has 0 aliphatic carbocycles. The van der Waals surface area contributed by atoms with Crippen LogP contribution in [0.3, 0.4) is 0 Å². The molecule has 0 saturated carbocycles. The van der Waals surface area contributed by atoms with Crippen molar-refractivity contribution in [2.45, 2.75) is 12.1 Å². The molecule has 0 spiro atoms. The maximum absolute atomic E-state index is 12.2. The van der Waals surface area contributed by atoms with E-state index >= 15 is 0 Å². The molecule has 1 aromatic carbocycles. The molecule has 124 valence electrons. The number of Topliss-reactive ketones (excluding diaryl/α,β-unsaturated/α-hetero) is 1. The van der Waals surface area contributed by atoms with Crippen molar-refractivity contribution in [2.24, 2.45) is 14.1 Å². The summed E-state index contributed by atoms with van der Waals surface area (Å²) in [6.07, 6.45) is 0. The highest BCUT2D eigenvalue weighted by Gasteiger charge is 2.13. The van der Waals surface area contributed by atoms with E-state index in [1.165, 1.54) is 20.9 Å². The summed E-state index contributed by atoms with van der Waals surface area (Å²) in [5, 5.41) is 0.567. The van der Waals surface area contributed by atoms with Crippen molar-refractivity contribution in [1.82, 2.24) is 19.1 Å². The van der Waals surface area contributed by atoms with Crippen molar-refractivity contribution in [1.29, 1.82) is 0 Å². The van der Waals surface area contributed by atoms with Crippen LogP contribution in [0, 0.1) is 11.6 Å². The number of hydrogen-bond donors (Lipinski definition) is 1. The first-order chi connectivity index (χ1) is 11.4. The van der Waals surface area contributed by atoms with Crippen LogP contribution in [0.2, 0.25) is 0 Å². The molecular formula is C16H16N4O2S2. The van der Waals surface area contributed by atoms with Gasteiger partial charge in [0.15, 0.2) is 16.6 Å². The number of thioether (sulfide) groups is 1. The molecule has 0 fully saturated rings. The molecule has 3 rings (SSSR count). The predicted octanol–water partition coefficient (Wildman–Crippen LogP) is 2.61. The maximum atomic E-state index is 12.2. The van der Waals surface area contributed by atoms with E-state index < -0.39 is 0 Å². The molecule has 0 unspecified atom stereocenters. The van der Waals surface area contributed by atoms with Gasteiger partial charge in [0.2, 0.25) is 0 Å². The number of aromatic nitrogens is 4. The summed E-state index contributed by atoms with van der Waals surface area (Å²) in [4.78, 5) is 31.8. The largest absolute Gasteiger partial charge is 0.330 e. The Balaban J connectivity index is 1.86. The number of fused-ring (bicyclic) bond motifs is 1. The van der Waals surface area contributed by atoms with Crippen LogP contribution < -0.4 is 5.69 Å². The summed E-state index contributed by atoms with van der Waals surface area (Å²) in [6.45, 7) is 1.98. The van der Waals surface area contributed by atoms with Crippen molar-refractivity contribution >= 4 is 40.9 Å². The number of imidazole rings is 1. The van der Waals surface area contributed by atoms with Crippen LogP contribution >= 0.6 is 24.0 Å². The Kier molecular flexibility index (Phi) is 4.42. The number of nitrogens with one attached hydrogen (secondary N) is 1. The van der Waals surface area contributed by atoms with Gasteiger partial charge in [-0.05, 0) is 6.92 Å². The van der Waals surface area contributed by atoms with E-state index in [0.29, 0.717) is 26.5 Å². The summed E-state index contributed by atoms with van der Waals surface area (Å²) in [7, 11) is 3.27. The van der Waals surface area contributed by atoms with Gasteiger partial charge in [0.05, 0.1) is 5.75 Å². The average molecular weight is 360 g/mol. The second-order valence-corrected chi connectivity index (χ2v) is 6.87. The van der Waals surface area contributed by atoms with E-state index in [4.69, 9.17) is 12.2 Å². The molecule has 0 aliphatic heterocycles. The summed E-state index contributed by atoms with van der Waals surface area (Å²) in [5.41, 5.74) is 2.68. The number of carbonyl (C=O) groups is 1. The van der Waals surface area contributed by atoms with Crippen molar-refractivity contribution in [2.75, 3.05) is 5.75 Å². The predicted molar refractivity (Wildman–Crippen MR) is 97.4 cm³/mol. The molecule has 0 aliphatic rings. The van der Waals surface area contributed by atoms with E-state index in [2.05, 4.69) is 9.97 Å². The van der Waals surface area contributed by atoms with Crippen LogP contribution in [0.1, 0.15) is 15.9 Å². The number of aromatic amines is 1. The maximum Gasteiger partial charge on any atom is 0.330 e. The highest BCUT2D eigenvalue weighted by atomic mass is 32.2. The van der Waals surface area contributed by atoms with Gasteiger partial charge >= 0.3 is 5.69 Å². The van der Waals surface area contributed by atoms with E-state index in [1.54, 1.807) is 14.1 Å². The lowest BCUT2D eigenvalue weighted by molar-refractivity contribution is 0.102. The van der Waals surface area contributed by atoms with Gasteiger partial charge < -0.3 is 4.98 Å². The third kappa shape index (κ3) is 2.94. The fraction of sp³-hybridized carbons (Fsp3) is 0.250. The van der Waals surface area contributed by atoms with E-state index in [9.17, 15) is 9.59 Å². The molecule has 0 bridgehead atoms. The second kappa shape index (κ2) is 6.37. The number of rotatable bonds is 4. The Bertz CT molecular complexity index is 1040. The molecule has 8 heteroatoms. The number of ketones is 1. The number of nitrogens with zero attached hydrogens (tertiary/aromatic N) is 3. The molecule has 24 heavy (non-hydrogen) atoms. The zero-order valence-corrected chi connectivity index (χ0v) is 15.1. The molecule has 1 N–H and O–H groups in total. The van der Waals surface area contributed by atoms with Gasteiger partial charge in [0, 0.05) is 19.7 Å². The summed E-state index contributed by atoms with van der Waals surface area (Å²) in [6, 6.07) is 7.47. The molecule has 2 heterocycles. The van der Waals surface area contributed by atoms with Crippen molar-refractivity contribution in [3.8, 4) is 0 Å². The van der Waals surface area contributed by atoms with Crippen LogP contribution in [0.15, 0.2) is 34.2 Å². The second-order valence-electron chi connectivity index (χ2n) is 5.52. The monoisotopic (exact) mass is 360 g/mol. The molecule has 3 aromatic rings. The fourth-order valence-electron chi connectivity index (χ4n) is 2.33. The average Bonchev–Trinajstić information content (AvgIpc) is 3.01. The summed E-state index contributed by atoms with van der Waals surface area (Å²) in [5.74, 6) is 0.286. The Morgan fingerprint density at radius 1 is 1.25 bits per heavy atom. The number of hydrogen-bond acceptors (Lipinski definition) is 5. The zero-order chi connectivity index (χ0) is 17.4. The molecule has 0 radical (unpaired) electrons. The molecule has 0 saturated heterocycles. The fourth-order valence-corrected chi connectivity index (χ4v) is 3.31. The smallest absolute Gasteiger partial charge is 0.329 e. The lowest BCUT2D eigenvalue weighted by Gasteiger charge is -2.02. The van der Waals surface area contributed by atoms with Crippen molar-refractivity contribution in [3.05, 3.63) is 50.5 Å². The molecule has 6 nitrogen and oxygen atoms in total. The van der Waals surface area contributed by atoms with Gasteiger partial charge in [-0.25, -0.2) is 9.78 Å². The van der Waals surface area contributed by atoms with Crippen LogP contribution in [-0.4, -0.2) is 30.6 Å². The number of H-pyrrole nitrogens is 1. The minimum atomic E-state index is -0.230. The first kappa shape index (κ1) is 16.7. The van der Waals surface area contributed by atoms with E-state index in [-0.39, 0.29) is 17.2 Å². The van der Waals surface area contributed by atoms with E-state index in [0.717, 1.165) is 5.56 Å². The van der Waals surface area contributed by atoms with Crippen LogP contribution in [0.4, 0.5) is 0 Å². The van der Waals surface area contributed by atoms with Gasteiger partial charge in [0.25, 0.3) is 0 Å². The van der Waals surface area contributed by atoms with Crippen LogP contribution in [-0.2, 0) is 14.1 Å². The topological polar surface area (TPSA) is 72.7 Å². The first-order valence-electron chi connectivity index (χ1n) is 7.27. The Labute approximate surface area is 147 Å². The number of aryl methyl sites for hydroxylation is 2. The minimum Gasteiger partial charge on any atom is -0.329 e. The summed E-state index contributed by atoms with van der Waals surface area (Å²) < 4.78 is 3.23. The lowest BCUT2D eigenvalue weighted by Crippen LogP contribution is -2.27. The molecular weight excluding hydrogens is 344 g/mol. The number of benzene rings is 1. The lowest BCUT2D eigenvalue weighted by atomic mass is 10.1. The zero-order valence-electron chi connectivity index (χ0n) is 13.5. The molecule has 0 amide bonds. The first-order valence-corrected chi connectivity index (χ1v) is 8.66. The Morgan fingerprint density at radius 3 is 2.58 bits per heavy atom. The van der Waals surface area contributed by atoms with Gasteiger partial charge in [-0.1, -0.05) is 53.8 Å². The minimum absolute atomic E-state index is 0.0264. The molecule has 2 aromatic heterocycles. The summed E-state index contributed by atoms with van der Waals surface area (Å²) >= 11 is 6.58. The third-order valence-electron chi connectivity index (χ3n) is 3.79. The van der Waals surface area contributed by atoms with Crippen LogP contribution in [0.5, 0.6) is 0 Å². The molecule has 0 atom stereocenters.